The molecule has 0 spiro atoms. The van der Waals surface area contributed by atoms with E-state index in [1.54, 1.807) is 14.1 Å². The average Bonchev–Trinajstić information content (AvgIpc) is 3.08. The first-order valence-corrected chi connectivity index (χ1v) is 20.8. The number of likely N-dealkylation sites (N-methyl/N-ethyl adjacent to an activating group) is 2. The fourth-order valence-electron chi connectivity index (χ4n) is 5.83. The van der Waals surface area contributed by atoms with Gasteiger partial charge in [0.1, 0.15) is 6.54 Å². The Hall–Kier alpha value is -2.22. The van der Waals surface area contributed by atoms with Gasteiger partial charge in [0.15, 0.2) is 0 Å². The number of unbranched alkanes of at least 4 members (excludes halogenated alkanes) is 25. The number of esters is 2. The van der Waals surface area contributed by atoms with Crippen molar-refractivity contribution < 1.29 is 29.0 Å². The number of hydrogen-bond acceptors (Lipinski definition) is 6. The van der Waals surface area contributed by atoms with Gasteiger partial charge in [-0.1, -0.05) is 167 Å². The number of nitrogens with zero attached hydrogens (tertiary/aromatic N) is 1. The quantitative estimate of drug-likeness (QED) is 0.0291. The minimum Gasteiger partial charge on any atom is -0.480 e. The molecule has 8 nitrogen and oxygen atoms in total. The van der Waals surface area contributed by atoms with Gasteiger partial charge in [0.2, 0.25) is 5.91 Å². The van der Waals surface area contributed by atoms with Crippen LogP contribution < -0.4 is 5.32 Å². The van der Waals surface area contributed by atoms with Gasteiger partial charge in [0.25, 0.3) is 0 Å². The predicted octanol–water partition coefficient (Wildman–Crippen LogP) is 11.1. The van der Waals surface area contributed by atoms with Gasteiger partial charge in [-0.15, -0.1) is 0 Å². The number of carbonyl (C=O) groups excluding carboxylic acids is 3. The highest BCUT2D eigenvalue weighted by atomic mass is 16.6. The number of rotatable bonds is 35. The summed E-state index contributed by atoms with van der Waals surface area (Å²) in [5.41, 5.74) is 0. The fourth-order valence-corrected chi connectivity index (χ4v) is 5.83. The Morgan fingerprint density at radius 3 is 1.28 bits per heavy atom. The minimum atomic E-state index is -0.958. The van der Waals surface area contributed by atoms with Crippen molar-refractivity contribution in [2.75, 3.05) is 27.2 Å². The molecule has 0 aromatic heterocycles. The van der Waals surface area contributed by atoms with Gasteiger partial charge in [0, 0.05) is 19.9 Å². The summed E-state index contributed by atoms with van der Waals surface area (Å²) in [5, 5.41) is 11.3. The molecule has 0 aliphatic rings. The van der Waals surface area contributed by atoms with Crippen LogP contribution in [0.1, 0.15) is 206 Å². The third-order valence-corrected chi connectivity index (χ3v) is 8.98. The van der Waals surface area contributed by atoms with E-state index in [1.165, 1.54) is 146 Å². The molecule has 0 unspecified atom stereocenters. The molecule has 0 aromatic rings. The molecule has 0 saturated heterocycles. The number of carboxylic acid groups (broad SMARTS) is 1. The van der Waals surface area contributed by atoms with Crippen LogP contribution in [0.5, 0.6) is 0 Å². The Kier molecular flexibility index (Phi) is 41.1. The van der Waals surface area contributed by atoms with Crippen LogP contribution in [-0.4, -0.2) is 61.0 Å². The van der Waals surface area contributed by atoms with Crippen LogP contribution in [-0.2, 0) is 23.9 Å². The zero-order valence-corrected chi connectivity index (χ0v) is 33.2. The molecule has 8 heteroatoms. The van der Waals surface area contributed by atoms with E-state index in [4.69, 9.17) is 5.11 Å². The van der Waals surface area contributed by atoms with Gasteiger partial charge < -0.3 is 20.1 Å². The van der Waals surface area contributed by atoms with Gasteiger partial charge >= 0.3 is 17.9 Å². The summed E-state index contributed by atoms with van der Waals surface area (Å²) in [6.07, 6.45) is 41.0. The number of allylic oxidation sites excluding steroid dienone is 2. The summed E-state index contributed by atoms with van der Waals surface area (Å²) in [6, 6.07) is 0. The summed E-state index contributed by atoms with van der Waals surface area (Å²) < 4.78 is 4.67. The van der Waals surface area contributed by atoms with Gasteiger partial charge in [-0.3, -0.25) is 19.2 Å². The number of hydrogen-bond donors (Lipinski definition) is 2. The fraction of sp³-hybridized carbons (Fsp3) is 0.857. The lowest BCUT2D eigenvalue weighted by molar-refractivity contribution is -0.159. The summed E-state index contributed by atoms with van der Waals surface area (Å²) in [5.74, 6) is -1.91. The lowest BCUT2D eigenvalue weighted by Gasteiger charge is -2.14. The van der Waals surface area contributed by atoms with Crippen LogP contribution in [0.2, 0.25) is 0 Å². The van der Waals surface area contributed by atoms with Crippen molar-refractivity contribution in [2.45, 2.75) is 206 Å². The van der Waals surface area contributed by atoms with Gasteiger partial charge in [-0.2, -0.15) is 0 Å². The Balaban J connectivity index is 0. The monoisotopic (exact) mass is 709 g/mol. The Morgan fingerprint density at radius 2 is 0.900 bits per heavy atom. The average molecular weight is 709 g/mol. The normalized spacial score (nSPS) is 11.0. The largest absolute Gasteiger partial charge is 0.480 e. The number of amides is 1. The van der Waals surface area contributed by atoms with E-state index in [1.807, 2.05) is 0 Å². The van der Waals surface area contributed by atoms with E-state index in [0.717, 1.165) is 38.5 Å². The highest BCUT2D eigenvalue weighted by Crippen LogP contribution is 2.14. The second-order valence-electron chi connectivity index (χ2n) is 14.1. The number of ether oxygens (including phenoxy) is 1. The van der Waals surface area contributed by atoms with Crippen molar-refractivity contribution in [2.24, 2.45) is 0 Å². The SMILES string of the molecule is CCCCCCCC/C=C\CCCCCCCC(=O)N(C)CC(=O)O.CCCCCCCCCCCCCCCCCC(=O)OC(=O)CNC. The smallest absolute Gasteiger partial charge is 0.327 e. The van der Waals surface area contributed by atoms with E-state index in [-0.39, 0.29) is 19.0 Å². The molecule has 50 heavy (non-hydrogen) atoms. The third-order valence-electron chi connectivity index (χ3n) is 8.98. The second-order valence-corrected chi connectivity index (χ2v) is 14.1. The van der Waals surface area contributed by atoms with Crippen molar-refractivity contribution in [1.82, 2.24) is 10.2 Å². The van der Waals surface area contributed by atoms with Gasteiger partial charge in [-0.05, 0) is 45.6 Å². The predicted molar refractivity (Wildman–Crippen MR) is 209 cm³/mol. The summed E-state index contributed by atoms with van der Waals surface area (Å²) in [4.78, 5) is 46.0. The van der Waals surface area contributed by atoms with E-state index in [2.05, 4.69) is 36.1 Å². The van der Waals surface area contributed by atoms with Crippen LogP contribution >= 0.6 is 0 Å². The van der Waals surface area contributed by atoms with Gasteiger partial charge in [0.05, 0.1) is 6.54 Å². The molecule has 0 atom stereocenters. The lowest BCUT2D eigenvalue weighted by atomic mass is 10.0. The third kappa shape index (κ3) is 41.9. The number of carbonyl (C=O) groups is 4. The topological polar surface area (TPSA) is 113 Å². The van der Waals surface area contributed by atoms with E-state index in [0.29, 0.717) is 12.8 Å². The van der Waals surface area contributed by atoms with Crippen LogP contribution in [0.3, 0.4) is 0 Å². The lowest BCUT2D eigenvalue weighted by Crippen LogP contribution is -2.31. The molecule has 0 aromatic carbocycles. The van der Waals surface area contributed by atoms with Crippen LogP contribution in [0.15, 0.2) is 12.2 Å². The number of nitrogens with one attached hydrogen (secondary N) is 1. The Morgan fingerprint density at radius 1 is 0.540 bits per heavy atom. The highest BCUT2D eigenvalue weighted by Gasteiger charge is 2.11. The molecule has 0 saturated carbocycles. The van der Waals surface area contributed by atoms with Crippen molar-refractivity contribution in [3.8, 4) is 0 Å². The van der Waals surface area contributed by atoms with Crippen molar-refractivity contribution in [3.05, 3.63) is 12.2 Å². The molecule has 0 bridgehead atoms. The molecule has 0 radical (unpaired) electrons. The van der Waals surface area contributed by atoms with Crippen LogP contribution in [0, 0.1) is 0 Å². The molecule has 1 amide bonds. The summed E-state index contributed by atoms with van der Waals surface area (Å²) in [6.45, 7) is 4.40. The van der Waals surface area contributed by atoms with Crippen LogP contribution in [0.4, 0.5) is 0 Å². The Labute approximate surface area is 308 Å². The minimum absolute atomic E-state index is 0.0694. The van der Waals surface area contributed by atoms with E-state index in [9.17, 15) is 19.2 Å². The van der Waals surface area contributed by atoms with E-state index >= 15 is 0 Å². The molecule has 2 N–H and O–H groups in total. The maximum Gasteiger partial charge on any atom is 0.327 e. The molecular weight excluding hydrogens is 628 g/mol. The summed E-state index contributed by atoms with van der Waals surface area (Å²) >= 11 is 0. The molecule has 0 fully saturated rings. The van der Waals surface area contributed by atoms with Crippen molar-refractivity contribution in [1.29, 1.82) is 0 Å². The zero-order chi connectivity index (χ0) is 37.3. The van der Waals surface area contributed by atoms with Gasteiger partial charge in [-0.25, -0.2) is 0 Å². The maximum absolute atomic E-state index is 11.7. The molecule has 294 valence electrons. The molecule has 0 rings (SSSR count). The van der Waals surface area contributed by atoms with E-state index < -0.39 is 17.9 Å². The number of aliphatic carboxylic acids is 1. The molecular formula is C42H80N2O6. The molecule has 0 aliphatic carbocycles. The Bertz CT molecular complexity index is 816. The first-order valence-electron chi connectivity index (χ1n) is 20.8. The molecule has 0 heterocycles. The van der Waals surface area contributed by atoms with Crippen molar-refractivity contribution in [3.63, 3.8) is 0 Å². The number of carboxylic acids is 1. The standard InChI is InChI=1S/C21H41NO3.C21H39NO3/c1-3-4-5-6-7-8-9-10-11-12-13-14-15-16-17-18-20(23)25-21(24)19-22-2;1-3-4-5-6-7-8-9-10-11-12-13-14-15-16-17-18-20(23)22(2)19-21(24)25/h22H,3-19H2,1-2H3;10-11H,3-9,12-19H2,1-2H3,(H,24,25)/b;11-10-. The first-order chi connectivity index (χ1) is 24.3. The van der Waals surface area contributed by atoms with Crippen molar-refractivity contribution >= 4 is 23.8 Å². The van der Waals surface area contributed by atoms with Crippen LogP contribution in [0.25, 0.3) is 0 Å². The second kappa shape index (κ2) is 41.2. The molecule has 0 aliphatic heterocycles. The highest BCUT2D eigenvalue weighted by molar-refractivity contribution is 5.86. The zero-order valence-electron chi connectivity index (χ0n) is 33.2. The summed E-state index contributed by atoms with van der Waals surface area (Å²) in [7, 11) is 3.20. The first kappa shape index (κ1) is 49.9. The maximum atomic E-state index is 11.7.